The molecule has 0 saturated carbocycles. The fourth-order valence-corrected chi connectivity index (χ4v) is 5.37. The highest BCUT2D eigenvalue weighted by Gasteiger charge is 2.33. The molecule has 168 valence electrons. The van der Waals surface area contributed by atoms with E-state index in [-0.39, 0.29) is 12.2 Å². The van der Waals surface area contributed by atoms with Crippen molar-refractivity contribution >= 4 is 40.7 Å². The van der Waals surface area contributed by atoms with Crippen molar-refractivity contribution in [3.8, 4) is 5.75 Å². The molecule has 9 heteroatoms. The summed E-state index contributed by atoms with van der Waals surface area (Å²) in [6, 6.07) is 10.0. The molecule has 0 aliphatic carbocycles. The zero-order chi connectivity index (χ0) is 23.5. The van der Waals surface area contributed by atoms with Crippen LogP contribution in [0.15, 0.2) is 75.5 Å². The van der Waals surface area contributed by atoms with Gasteiger partial charge < -0.3 is 9.47 Å². The van der Waals surface area contributed by atoms with E-state index in [2.05, 4.69) is 11.6 Å². The fraction of sp³-hybridized carbons (Fsp3) is 0.167. The molecule has 4 rings (SSSR count). The Morgan fingerprint density at radius 2 is 2.09 bits per heavy atom. The summed E-state index contributed by atoms with van der Waals surface area (Å²) in [5.41, 5.74) is 1.27. The van der Waals surface area contributed by atoms with Crippen molar-refractivity contribution in [2.75, 3.05) is 6.61 Å². The van der Waals surface area contributed by atoms with Gasteiger partial charge in [0.15, 0.2) is 4.80 Å². The number of thiazole rings is 1. The van der Waals surface area contributed by atoms with Gasteiger partial charge in [-0.05, 0) is 42.1 Å². The molecule has 3 aromatic rings. The molecular weight excluding hydrogens is 460 g/mol. The van der Waals surface area contributed by atoms with Crippen LogP contribution in [0.3, 0.4) is 0 Å². The maximum absolute atomic E-state index is 13.5. The number of esters is 2. The van der Waals surface area contributed by atoms with Crippen LogP contribution in [0.25, 0.3) is 6.08 Å². The van der Waals surface area contributed by atoms with Crippen molar-refractivity contribution in [3.05, 3.63) is 95.8 Å². The van der Waals surface area contributed by atoms with Crippen LogP contribution < -0.4 is 19.6 Å². The molecule has 2 aromatic heterocycles. The van der Waals surface area contributed by atoms with E-state index in [9.17, 15) is 14.4 Å². The van der Waals surface area contributed by atoms with Gasteiger partial charge in [0.25, 0.3) is 5.56 Å². The normalized spacial score (nSPS) is 15.6. The lowest BCUT2D eigenvalue weighted by Gasteiger charge is -2.23. The van der Waals surface area contributed by atoms with Gasteiger partial charge in [-0.25, -0.2) is 9.79 Å². The molecule has 0 unspecified atom stereocenters. The Morgan fingerprint density at radius 1 is 1.27 bits per heavy atom. The molecule has 33 heavy (non-hydrogen) atoms. The molecule has 1 aliphatic rings. The molecule has 0 fully saturated rings. The van der Waals surface area contributed by atoms with Gasteiger partial charge in [0.1, 0.15) is 18.4 Å². The Kier molecular flexibility index (Phi) is 6.52. The molecular formula is C24H20N2O5S2. The number of aromatic nitrogens is 1. The van der Waals surface area contributed by atoms with Crippen molar-refractivity contribution in [3.63, 3.8) is 0 Å². The smallest absolute Gasteiger partial charge is 0.338 e. The van der Waals surface area contributed by atoms with Crippen LogP contribution in [0, 0.1) is 0 Å². The Bertz CT molecular complexity index is 1440. The van der Waals surface area contributed by atoms with Gasteiger partial charge in [-0.15, -0.1) is 11.3 Å². The number of benzene rings is 1. The summed E-state index contributed by atoms with van der Waals surface area (Å²) in [6.07, 6.45) is 3.21. The van der Waals surface area contributed by atoms with Crippen molar-refractivity contribution in [1.29, 1.82) is 0 Å². The molecule has 1 atom stereocenters. The number of hydrogen-bond donors (Lipinski definition) is 0. The zero-order valence-corrected chi connectivity index (χ0v) is 19.6. The van der Waals surface area contributed by atoms with Crippen molar-refractivity contribution < 1.29 is 19.1 Å². The molecule has 0 saturated heterocycles. The summed E-state index contributed by atoms with van der Waals surface area (Å²) in [7, 11) is 0. The SMILES string of the molecule is C=CCOC(=O)C1=C(C)N=c2s/c(=C/c3cccc(OC(C)=O)c3)c(=O)n2[C@@H]1c1cccs1. The Balaban J connectivity index is 1.86. The minimum absolute atomic E-state index is 0.0653. The van der Waals surface area contributed by atoms with E-state index in [4.69, 9.17) is 9.47 Å². The van der Waals surface area contributed by atoms with Gasteiger partial charge in [-0.1, -0.05) is 42.2 Å². The van der Waals surface area contributed by atoms with E-state index in [0.29, 0.717) is 31.9 Å². The van der Waals surface area contributed by atoms with Gasteiger partial charge in [-0.2, -0.15) is 0 Å². The third-order valence-electron chi connectivity index (χ3n) is 4.80. The highest BCUT2D eigenvalue weighted by molar-refractivity contribution is 7.10. The number of rotatable bonds is 6. The Morgan fingerprint density at radius 3 is 2.79 bits per heavy atom. The minimum atomic E-state index is -0.631. The number of allylic oxidation sites excluding steroid dienone is 1. The van der Waals surface area contributed by atoms with Crippen LogP contribution in [0.4, 0.5) is 0 Å². The van der Waals surface area contributed by atoms with Gasteiger partial charge >= 0.3 is 11.9 Å². The van der Waals surface area contributed by atoms with E-state index in [1.807, 2.05) is 23.6 Å². The van der Waals surface area contributed by atoms with Gasteiger partial charge in [0.05, 0.1) is 15.8 Å². The van der Waals surface area contributed by atoms with Crippen LogP contribution >= 0.6 is 22.7 Å². The summed E-state index contributed by atoms with van der Waals surface area (Å²) in [5.74, 6) is -0.560. The largest absolute Gasteiger partial charge is 0.458 e. The second kappa shape index (κ2) is 9.51. The van der Waals surface area contributed by atoms with E-state index in [0.717, 1.165) is 4.88 Å². The lowest BCUT2D eigenvalue weighted by molar-refractivity contribution is -0.138. The van der Waals surface area contributed by atoms with Crippen molar-refractivity contribution in [1.82, 2.24) is 4.57 Å². The molecule has 7 nitrogen and oxygen atoms in total. The number of hydrogen-bond acceptors (Lipinski definition) is 8. The summed E-state index contributed by atoms with van der Waals surface area (Å²) in [5, 5.41) is 1.90. The second-order valence-corrected chi connectivity index (χ2v) is 9.14. The summed E-state index contributed by atoms with van der Waals surface area (Å²) in [6.45, 7) is 6.72. The minimum Gasteiger partial charge on any atom is -0.458 e. The van der Waals surface area contributed by atoms with Gasteiger partial charge in [0.2, 0.25) is 0 Å². The lowest BCUT2D eigenvalue weighted by atomic mass is 10.0. The van der Waals surface area contributed by atoms with Crippen molar-refractivity contribution in [2.24, 2.45) is 4.99 Å². The topological polar surface area (TPSA) is 87.0 Å². The average Bonchev–Trinajstić information content (AvgIpc) is 3.40. The van der Waals surface area contributed by atoms with Crippen molar-refractivity contribution in [2.45, 2.75) is 19.9 Å². The van der Waals surface area contributed by atoms with Crippen LogP contribution in [0.1, 0.15) is 30.3 Å². The maximum Gasteiger partial charge on any atom is 0.338 e. The van der Waals surface area contributed by atoms with Gasteiger partial charge in [0, 0.05) is 11.8 Å². The highest BCUT2D eigenvalue weighted by Crippen LogP contribution is 2.33. The van der Waals surface area contributed by atoms with E-state index >= 15 is 0 Å². The monoisotopic (exact) mass is 480 g/mol. The van der Waals surface area contributed by atoms with Crippen LogP contribution in [-0.4, -0.2) is 23.1 Å². The number of fused-ring (bicyclic) bond motifs is 1. The summed E-state index contributed by atoms with van der Waals surface area (Å²) < 4.78 is 12.4. The first-order valence-electron chi connectivity index (χ1n) is 10.0. The predicted molar refractivity (Wildman–Crippen MR) is 127 cm³/mol. The Hall–Kier alpha value is -3.56. The number of carbonyl (C=O) groups is 2. The maximum atomic E-state index is 13.5. The lowest BCUT2D eigenvalue weighted by Crippen LogP contribution is -2.39. The van der Waals surface area contributed by atoms with Crippen LogP contribution in [0.5, 0.6) is 5.75 Å². The predicted octanol–water partition coefficient (Wildman–Crippen LogP) is 2.95. The quantitative estimate of drug-likeness (QED) is 0.308. The molecule has 1 aromatic carbocycles. The number of nitrogens with zero attached hydrogens (tertiary/aromatic N) is 2. The van der Waals surface area contributed by atoms with Crippen LogP contribution in [0.2, 0.25) is 0 Å². The number of carbonyl (C=O) groups excluding carboxylic acids is 2. The number of ether oxygens (including phenoxy) is 2. The third-order valence-corrected chi connectivity index (χ3v) is 6.71. The molecule has 1 aliphatic heterocycles. The second-order valence-electron chi connectivity index (χ2n) is 7.15. The third kappa shape index (κ3) is 4.64. The van der Waals surface area contributed by atoms with E-state index < -0.39 is 18.0 Å². The molecule has 0 bridgehead atoms. The molecule has 0 N–H and O–H groups in total. The van der Waals surface area contributed by atoms with E-state index in [1.165, 1.54) is 40.2 Å². The van der Waals surface area contributed by atoms with E-state index in [1.54, 1.807) is 31.2 Å². The molecule has 3 heterocycles. The highest BCUT2D eigenvalue weighted by atomic mass is 32.1. The van der Waals surface area contributed by atoms with Crippen LogP contribution in [-0.2, 0) is 14.3 Å². The first-order valence-corrected chi connectivity index (χ1v) is 11.7. The molecule has 0 amide bonds. The molecule has 0 spiro atoms. The Labute approximate surface area is 197 Å². The molecule has 0 radical (unpaired) electrons. The summed E-state index contributed by atoms with van der Waals surface area (Å²) in [4.78, 5) is 43.5. The average molecular weight is 481 g/mol. The van der Waals surface area contributed by atoms with Gasteiger partial charge in [-0.3, -0.25) is 14.2 Å². The fourth-order valence-electron chi connectivity index (χ4n) is 3.50. The number of thiophene rings is 1. The zero-order valence-electron chi connectivity index (χ0n) is 17.9. The summed E-state index contributed by atoms with van der Waals surface area (Å²) >= 11 is 2.69. The first-order chi connectivity index (χ1) is 15.9. The standard InChI is InChI=1S/C24H20N2O5S2/c1-4-10-30-23(29)20-14(2)25-24-26(21(20)18-9-6-11-32-18)22(28)19(33-24)13-16-7-5-8-17(12-16)31-15(3)27/h4-9,11-13,21H,1,10H2,2-3H3/b19-13+/t21-/m1/s1. The first kappa shape index (κ1) is 22.6.